The summed E-state index contributed by atoms with van der Waals surface area (Å²) in [6, 6.07) is 29.0. The van der Waals surface area contributed by atoms with Crippen LogP contribution in [-0.4, -0.2) is 17.6 Å². The van der Waals surface area contributed by atoms with Gasteiger partial charge in [0, 0.05) is 23.1 Å². The van der Waals surface area contributed by atoms with Crippen molar-refractivity contribution < 1.29 is 8.42 Å². The Morgan fingerprint density at radius 2 is 1.59 bits per heavy atom. The highest BCUT2D eigenvalue weighted by Gasteiger charge is 2.40. The lowest BCUT2D eigenvalue weighted by molar-refractivity contribution is 0.565. The zero-order valence-corrected chi connectivity index (χ0v) is 21.8. The third-order valence-corrected chi connectivity index (χ3v) is 9.19. The van der Waals surface area contributed by atoms with E-state index in [1.807, 2.05) is 73.7 Å². The van der Waals surface area contributed by atoms with Gasteiger partial charge in [-0.2, -0.15) is 23.8 Å². The standard InChI is InChI=1S/C30H25N3O2S2/c1-22-12-14-26(15-13-22)37(34,35)33-28-20-30(24-17-19-36-21-24,23-8-4-2-5-9-23)18-16-27(28)29(32-33)31-25-10-6-3-7-11-25/h2-19,21H,20H2,1H3,(H,31,32). The Morgan fingerprint density at radius 1 is 0.892 bits per heavy atom. The lowest BCUT2D eigenvalue weighted by Crippen LogP contribution is -2.32. The second-order valence-electron chi connectivity index (χ2n) is 9.22. The van der Waals surface area contributed by atoms with Gasteiger partial charge in [-0.05, 0) is 59.1 Å². The predicted octanol–water partition coefficient (Wildman–Crippen LogP) is 6.79. The first kappa shape index (κ1) is 23.5. The van der Waals surface area contributed by atoms with E-state index in [1.165, 1.54) is 4.09 Å². The molecule has 0 saturated carbocycles. The lowest BCUT2D eigenvalue weighted by Gasteiger charge is -2.34. The predicted molar refractivity (Wildman–Crippen MR) is 150 cm³/mol. The number of hydrogen-bond acceptors (Lipinski definition) is 5. The van der Waals surface area contributed by atoms with Gasteiger partial charge in [0.25, 0.3) is 10.0 Å². The number of rotatable bonds is 6. The summed E-state index contributed by atoms with van der Waals surface area (Å²) in [7, 11) is -3.94. The number of nitrogens with one attached hydrogen (secondary N) is 1. The lowest BCUT2D eigenvalue weighted by atomic mass is 9.69. The number of thiophene rings is 1. The Kier molecular flexibility index (Phi) is 5.82. The van der Waals surface area contributed by atoms with E-state index < -0.39 is 15.4 Å². The molecule has 0 spiro atoms. The molecule has 0 aliphatic heterocycles. The van der Waals surface area contributed by atoms with Crippen molar-refractivity contribution in [2.75, 3.05) is 5.32 Å². The molecule has 7 heteroatoms. The number of fused-ring (bicyclic) bond motifs is 1. The van der Waals surface area contributed by atoms with Gasteiger partial charge in [0.15, 0.2) is 5.82 Å². The van der Waals surface area contributed by atoms with Gasteiger partial charge in [-0.3, -0.25) is 0 Å². The maximum Gasteiger partial charge on any atom is 0.283 e. The van der Waals surface area contributed by atoms with Crippen molar-refractivity contribution in [2.24, 2.45) is 0 Å². The van der Waals surface area contributed by atoms with Gasteiger partial charge in [-0.15, -0.1) is 5.10 Å². The number of para-hydroxylation sites is 1. The van der Waals surface area contributed by atoms with E-state index in [0.717, 1.165) is 27.9 Å². The highest BCUT2D eigenvalue weighted by Crippen LogP contribution is 2.44. The SMILES string of the molecule is Cc1ccc(S(=O)(=O)n2nc(Nc3ccccc3)c3c2CC(c2ccccc2)(c2ccsc2)C=C3)cc1. The molecular weight excluding hydrogens is 498 g/mol. The van der Waals surface area contributed by atoms with E-state index in [0.29, 0.717) is 17.9 Å². The van der Waals surface area contributed by atoms with Crippen molar-refractivity contribution in [1.29, 1.82) is 0 Å². The summed E-state index contributed by atoms with van der Waals surface area (Å²) in [5.74, 6) is 0.514. The van der Waals surface area contributed by atoms with Crippen LogP contribution in [0.5, 0.6) is 0 Å². The Morgan fingerprint density at radius 3 is 2.27 bits per heavy atom. The number of benzene rings is 3. The van der Waals surface area contributed by atoms with Crippen LogP contribution in [0.2, 0.25) is 0 Å². The maximum absolute atomic E-state index is 14.0. The molecule has 0 radical (unpaired) electrons. The quantitative estimate of drug-likeness (QED) is 0.266. The molecule has 2 aromatic heterocycles. The number of hydrogen-bond donors (Lipinski definition) is 1. The molecule has 0 amide bonds. The summed E-state index contributed by atoms with van der Waals surface area (Å²) >= 11 is 1.64. The van der Waals surface area contributed by atoms with Crippen LogP contribution >= 0.6 is 11.3 Å². The topological polar surface area (TPSA) is 64.0 Å². The number of anilines is 2. The molecular formula is C30H25N3O2S2. The van der Waals surface area contributed by atoms with E-state index in [-0.39, 0.29) is 4.90 Å². The Bertz CT molecular complexity index is 1670. The molecule has 1 aliphatic rings. The summed E-state index contributed by atoms with van der Waals surface area (Å²) in [5.41, 5.74) is 4.99. The van der Waals surface area contributed by atoms with Crippen molar-refractivity contribution in [3.05, 3.63) is 136 Å². The number of allylic oxidation sites excluding steroid dienone is 1. The fraction of sp³-hybridized carbons (Fsp3) is 0.100. The number of aryl methyl sites for hydroxylation is 1. The van der Waals surface area contributed by atoms with Crippen molar-refractivity contribution in [3.8, 4) is 0 Å². The molecule has 184 valence electrons. The number of aromatic nitrogens is 2. The second kappa shape index (κ2) is 9.18. The largest absolute Gasteiger partial charge is 0.338 e. The molecule has 0 fully saturated rings. The van der Waals surface area contributed by atoms with E-state index in [1.54, 1.807) is 23.5 Å². The molecule has 0 saturated heterocycles. The summed E-state index contributed by atoms with van der Waals surface area (Å²) in [6.45, 7) is 1.94. The van der Waals surface area contributed by atoms with Crippen molar-refractivity contribution in [1.82, 2.24) is 9.19 Å². The van der Waals surface area contributed by atoms with E-state index in [2.05, 4.69) is 45.5 Å². The van der Waals surface area contributed by atoms with Gasteiger partial charge in [-0.25, -0.2) is 0 Å². The molecule has 5 nitrogen and oxygen atoms in total. The molecule has 1 atom stereocenters. The minimum absolute atomic E-state index is 0.213. The first-order valence-corrected chi connectivity index (χ1v) is 14.4. The van der Waals surface area contributed by atoms with E-state index >= 15 is 0 Å². The molecule has 1 unspecified atom stereocenters. The van der Waals surface area contributed by atoms with Gasteiger partial charge in [0.2, 0.25) is 0 Å². The average molecular weight is 524 g/mol. The fourth-order valence-corrected chi connectivity index (χ4v) is 6.97. The zero-order valence-electron chi connectivity index (χ0n) is 20.2. The second-order valence-corrected chi connectivity index (χ2v) is 11.8. The highest BCUT2D eigenvalue weighted by atomic mass is 32.2. The minimum atomic E-state index is -3.94. The average Bonchev–Trinajstić information content (AvgIpc) is 3.59. The molecule has 37 heavy (non-hydrogen) atoms. The Balaban J connectivity index is 1.56. The van der Waals surface area contributed by atoms with Crippen LogP contribution in [-0.2, 0) is 21.9 Å². The maximum atomic E-state index is 14.0. The molecule has 3 aromatic carbocycles. The monoisotopic (exact) mass is 523 g/mol. The van der Waals surface area contributed by atoms with Crippen LogP contribution in [0.15, 0.2) is 113 Å². The molecule has 1 aliphatic carbocycles. The summed E-state index contributed by atoms with van der Waals surface area (Å²) < 4.78 is 29.2. The smallest absolute Gasteiger partial charge is 0.283 e. The van der Waals surface area contributed by atoms with Gasteiger partial charge in [0.05, 0.1) is 10.6 Å². The molecule has 6 rings (SSSR count). The zero-order chi connectivity index (χ0) is 25.5. The van der Waals surface area contributed by atoms with E-state index in [4.69, 9.17) is 0 Å². The van der Waals surface area contributed by atoms with Crippen LogP contribution in [0.4, 0.5) is 11.5 Å². The van der Waals surface area contributed by atoms with E-state index in [9.17, 15) is 8.42 Å². The van der Waals surface area contributed by atoms with Gasteiger partial charge in [-0.1, -0.05) is 78.4 Å². The summed E-state index contributed by atoms with van der Waals surface area (Å²) in [4.78, 5) is 0.213. The molecule has 2 heterocycles. The molecule has 0 bridgehead atoms. The summed E-state index contributed by atoms with van der Waals surface area (Å²) in [5, 5.41) is 12.2. The van der Waals surface area contributed by atoms with Crippen LogP contribution in [0.1, 0.15) is 27.9 Å². The van der Waals surface area contributed by atoms with Crippen LogP contribution < -0.4 is 5.32 Å². The third kappa shape index (κ3) is 4.10. The highest BCUT2D eigenvalue weighted by molar-refractivity contribution is 7.89. The first-order valence-electron chi connectivity index (χ1n) is 12.0. The molecule has 1 N–H and O–H groups in total. The normalized spacial score (nSPS) is 16.9. The fourth-order valence-electron chi connectivity index (χ4n) is 4.91. The van der Waals surface area contributed by atoms with Crippen LogP contribution in [0.25, 0.3) is 6.08 Å². The minimum Gasteiger partial charge on any atom is -0.338 e. The Hall–Kier alpha value is -3.94. The molecule has 5 aromatic rings. The first-order chi connectivity index (χ1) is 18.0. The van der Waals surface area contributed by atoms with Gasteiger partial charge >= 0.3 is 0 Å². The van der Waals surface area contributed by atoms with Crippen molar-refractivity contribution in [2.45, 2.75) is 23.7 Å². The summed E-state index contributed by atoms with van der Waals surface area (Å²) in [6.07, 6.45) is 4.66. The van der Waals surface area contributed by atoms with Gasteiger partial charge in [0.1, 0.15) is 0 Å². The van der Waals surface area contributed by atoms with Crippen LogP contribution in [0.3, 0.4) is 0 Å². The third-order valence-electron chi connectivity index (χ3n) is 6.88. The van der Waals surface area contributed by atoms with Crippen molar-refractivity contribution in [3.63, 3.8) is 0 Å². The number of nitrogens with zero attached hydrogens (tertiary/aromatic N) is 2. The van der Waals surface area contributed by atoms with Gasteiger partial charge < -0.3 is 5.32 Å². The Labute approximate surface area is 220 Å². The van der Waals surface area contributed by atoms with Crippen LogP contribution in [0, 0.1) is 6.92 Å². The van der Waals surface area contributed by atoms with Crippen molar-refractivity contribution >= 4 is 38.9 Å².